The normalized spacial score (nSPS) is 17.4. The van der Waals surface area contributed by atoms with Crippen LogP contribution in [0.4, 0.5) is 0 Å². The van der Waals surface area contributed by atoms with E-state index in [9.17, 15) is 14.9 Å². The summed E-state index contributed by atoms with van der Waals surface area (Å²) in [6, 6.07) is 15.5. The fourth-order valence-electron chi connectivity index (χ4n) is 4.16. The lowest BCUT2D eigenvalue weighted by Gasteiger charge is -2.17. The third-order valence-electron chi connectivity index (χ3n) is 6.01. The van der Waals surface area contributed by atoms with E-state index in [1.165, 1.54) is 4.57 Å². The molecule has 1 amide bonds. The van der Waals surface area contributed by atoms with Gasteiger partial charge in [0.25, 0.3) is 5.91 Å². The molecule has 2 aromatic carbocycles. The van der Waals surface area contributed by atoms with E-state index in [-0.39, 0.29) is 11.7 Å². The van der Waals surface area contributed by atoms with Gasteiger partial charge in [-0.15, -0.1) is 11.3 Å². The summed E-state index contributed by atoms with van der Waals surface area (Å²) in [5.74, 6) is -0.639. The number of ether oxygens (including phenoxy) is 1. The number of benzene rings is 2. The van der Waals surface area contributed by atoms with E-state index in [0.717, 1.165) is 44.6 Å². The Bertz CT molecular complexity index is 1450. The van der Waals surface area contributed by atoms with Crippen molar-refractivity contribution in [2.45, 2.75) is 25.0 Å². The summed E-state index contributed by atoms with van der Waals surface area (Å²) in [4.78, 5) is 25.4. The number of nitrogens with zero attached hydrogens (tertiary/aromatic N) is 2. The van der Waals surface area contributed by atoms with Crippen LogP contribution in [-0.2, 0) is 23.0 Å². The van der Waals surface area contributed by atoms with Gasteiger partial charge in [-0.25, -0.2) is 4.79 Å². The van der Waals surface area contributed by atoms with Crippen LogP contribution in [0.25, 0.3) is 32.3 Å². The molecule has 2 atom stereocenters. The van der Waals surface area contributed by atoms with Gasteiger partial charge in [0.15, 0.2) is 5.58 Å². The number of rotatable bonds is 5. The number of nitriles is 1. The lowest BCUT2D eigenvalue weighted by Crippen LogP contribution is -2.46. The smallest absolute Gasteiger partial charge is 0.408 e. The van der Waals surface area contributed by atoms with Crippen LogP contribution in [0.1, 0.15) is 11.3 Å². The Morgan fingerprint density at radius 3 is 2.97 bits per heavy atom. The minimum Gasteiger partial charge on any atom is -0.408 e. The SMILES string of the molecule is Cn1c(=O)oc2ccc(-c3ccc4sc(CC(C#N)NC(=O)[C@@H]5CNCCCO5)cc4c3)cc21. The maximum Gasteiger partial charge on any atom is 0.419 e. The van der Waals surface area contributed by atoms with Gasteiger partial charge in [-0.2, -0.15) is 5.26 Å². The molecular weight excluding hydrogens is 452 g/mol. The van der Waals surface area contributed by atoms with Crippen molar-refractivity contribution in [2.75, 3.05) is 19.7 Å². The molecule has 2 aromatic heterocycles. The standard InChI is InChI=1S/C25H24N4O4S/c1-29-20-11-16(3-5-21(20)33-25(29)31)15-4-6-23-17(9-15)10-19(34-23)12-18(13-26)28-24(30)22-14-27-7-2-8-32-22/h3-6,9-11,18,22,27H,2,7-8,12,14H2,1H3,(H,28,30)/t18?,22-/m0/s1. The summed E-state index contributed by atoms with van der Waals surface area (Å²) in [5, 5.41) is 16.7. The number of carbonyl (C=O) groups is 1. The average molecular weight is 477 g/mol. The Morgan fingerprint density at radius 2 is 2.12 bits per heavy atom. The van der Waals surface area contributed by atoms with Crippen LogP contribution >= 0.6 is 11.3 Å². The maximum absolute atomic E-state index is 12.6. The molecule has 0 aliphatic carbocycles. The molecule has 0 spiro atoms. The number of aromatic nitrogens is 1. The topological polar surface area (TPSA) is 109 Å². The number of fused-ring (bicyclic) bond motifs is 2. The van der Waals surface area contributed by atoms with Crippen LogP contribution in [-0.4, -0.2) is 42.3 Å². The van der Waals surface area contributed by atoms with Gasteiger partial charge in [0, 0.05) is 36.2 Å². The Morgan fingerprint density at radius 1 is 1.29 bits per heavy atom. The molecule has 5 rings (SSSR count). The molecule has 3 heterocycles. The Balaban J connectivity index is 1.34. The number of aryl methyl sites for hydroxylation is 1. The van der Waals surface area contributed by atoms with Crippen molar-refractivity contribution in [3.05, 3.63) is 57.9 Å². The number of oxazole rings is 1. The summed E-state index contributed by atoms with van der Waals surface area (Å²) in [7, 11) is 1.69. The van der Waals surface area contributed by atoms with Crippen LogP contribution in [0, 0.1) is 11.3 Å². The molecule has 1 aliphatic heterocycles. The molecule has 34 heavy (non-hydrogen) atoms. The lowest BCUT2D eigenvalue weighted by atomic mass is 10.0. The first kappa shape index (κ1) is 22.3. The minimum atomic E-state index is -0.628. The Hall–Kier alpha value is -3.45. The van der Waals surface area contributed by atoms with E-state index in [1.807, 2.05) is 24.3 Å². The fourth-order valence-corrected chi connectivity index (χ4v) is 5.25. The van der Waals surface area contributed by atoms with Gasteiger partial charge in [0.05, 0.1) is 11.6 Å². The van der Waals surface area contributed by atoms with E-state index >= 15 is 0 Å². The number of hydrogen-bond acceptors (Lipinski definition) is 7. The number of nitrogens with one attached hydrogen (secondary N) is 2. The molecule has 9 heteroatoms. The van der Waals surface area contributed by atoms with Crippen molar-refractivity contribution < 1.29 is 13.9 Å². The van der Waals surface area contributed by atoms with Crippen molar-refractivity contribution in [1.29, 1.82) is 5.26 Å². The molecule has 0 saturated carbocycles. The zero-order chi connectivity index (χ0) is 23.7. The minimum absolute atomic E-state index is 0.256. The molecule has 1 unspecified atom stereocenters. The molecule has 4 aromatic rings. The lowest BCUT2D eigenvalue weighted by molar-refractivity contribution is -0.132. The van der Waals surface area contributed by atoms with E-state index in [1.54, 1.807) is 18.4 Å². The van der Waals surface area contributed by atoms with Crippen molar-refractivity contribution in [3.8, 4) is 17.2 Å². The van der Waals surface area contributed by atoms with Gasteiger partial charge in [0.2, 0.25) is 0 Å². The van der Waals surface area contributed by atoms with Crippen molar-refractivity contribution in [2.24, 2.45) is 7.05 Å². The van der Waals surface area contributed by atoms with Gasteiger partial charge >= 0.3 is 5.76 Å². The van der Waals surface area contributed by atoms with Gasteiger partial charge in [-0.3, -0.25) is 9.36 Å². The quantitative estimate of drug-likeness (QED) is 0.458. The molecule has 2 N–H and O–H groups in total. The summed E-state index contributed by atoms with van der Waals surface area (Å²) < 4.78 is 13.4. The molecule has 1 aliphatic rings. The number of thiophene rings is 1. The van der Waals surface area contributed by atoms with Crippen LogP contribution < -0.4 is 16.4 Å². The molecule has 0 radical (unpaired) electrons. The van der Waals surface area contributed by atoms with E-state index in [0.29, 0.717) is 25.2 Å². The number of hydrogen-bond donors (Lipinski definition) is 2. The summed E-state index contributed by atoms with van der Waals surface area (Å²) in [6.07, 6.45) is 0.721. The van der Waals surface area contributed by atoms with Gasteiger partial charge < -0.3 is 19.8 Å². The second kappa shape index (κ2) is 9.43. The van der Waals surface area contributed by atoms with Gasteiger partial charge in [-0.05, 0) is 59.8 Å². The second-order valence-corrected chi connectivity index (χ2v) is 9.55. The second-order valence-electron chi connectivity index (χ2n) is 8.39. The predicted molar refractivity (Wildman–Crippen MR) is 131 cm³/mol. The average Bonchev–Trinajstić information content (AvgIpc) is 3.22. The highest BCUT2D eigenvalue weighted by molar-refractivity contribution is 7.19. The first-order valence-electron chi connectivity index (χ1n) is 11.2. The first-order valence-corrected chi connectivity index (χ1v) is 12.0. The molecular formula is C25H24N4O4S. The Labute approximate surface area is 199 Å². The number of carbonyl (C=O) groups excluding carboxylic acids is 1. The van der Waals surface area contributed by atoms with Gasteiger partial charge in [0.1, 0.15) is 12.1 Å². The predicted octanol–water partition coefficient (Wildman–Crippen LogP) is 2.94. The van der Waals surface area contributed by atoms with Crippen LogP contribution in [0.3, 0.4) is 0 Å². The highest BCUT2D eigenvalue weighted by Crippen LogP contribution is 2.32. The van der Waals surface area contributed by atoms with Crippen LogP contribution in [0.5, 0.6) is 0 Å². The van der Waals surface area contributed by atoms with Crippen molar-refractivity contribution in [1.82, 2.24) is 15.2 Å². The number of amides is 1. The summed E-state index contributed by atoms with van der Waals surface area (Å²) in [6.45, 7) is 1.81. The van der Waals surface area contributed by atoms with E-state index < -0.39 is 12.1 Å². The molecule has 1 saturated heterocycles. The van der Waals surface area contributed by atoms with Gasteiger partial charge in [-0.1, -0.05) is 12.1 Å². The van der Waals surface area contributed by atoms with E-state index in [4.69, 9.17) is 9.15 Å². The monoisotopic (exact) mass is 476 g/mol. The molecule has 8 nitrogen and oxygen atoms in total. The molecule has 0 bridgehead atoms. The molecule has 174 valence electrons. The van der Waals surface area contributed by atoms with Crippen LogP contribution in [0.15, 0.2) is 51.7 Å². The van der Waals surface area contributed by atoms with E-state index in [2.05, 4.69) is 34.9 Å². The van der Waals surface area contributed by atoms with Crippen molar-refractivity contribution >= 4 is 38.4 Å². The highest BCUT2D eigenvalue weighted by atomic mass is 32.1. The summed E-state index contributed by atoms with van der Waals surface area (Å²) >= 11 is 1.61. The third kappa shape index (κ3) is 4.48. The first-order chi connectivity index (χ1) is 16.5. The fraction of sp³-hybridized carbons (Fsp3) is 0.320. The third-order valence-corrected chi connectivity index (χ3v) is 7.15. The summed E-state index contributed by atoms with van der Waals surface area (Å²) in [5.41, 5.74) is 3.31. The van der Waals surface area contributed by atoms with Crippen LogP contribution in [0.2, 0.25) is 0 Å². The maximum atomic E-state index is 12.6. The van der Waals surface area contributed by atoms with Crippen molar-refractivity contribution in [3.63, 3.8) is 0 Å². The zero-order valence-electron chi connectivity index (χ0n) is 18.7. The largest absolute Gasteiger partial charge is 0.419 e. The zero-order valence-corrected chi connectivity index (χ0v) is 19.5. The molecule has 1 fully saturated rings. The Kier molecular flexibility index (Phi) is 6.20. The highest BCUT2D eigenvalue weighted by Gasteiger charge is 2.23.